The van der Waals surface area contributed by atoms with Crippen molar-refractivity contribution in [3.63, 3.8) is 0 Å². The zero-order valence-corrected chi connectivity index (χ0v) is 34.6. The van der Waals surface area contributed by atoms with Gasteiger partial charge in [-0.3, -0.25) is 18.6 Å². The summed E-state index contributed by atoms with van der Waals surface area (Å²) in [5, 5.41) is 18.3. The van der Waals surface area contributed by atoms with E-state index in [4.69, 9.17) is 19.1 Å². The molecule has 0 aromatic rings. The van der Waals surface area contributed by atoms with Gasteiger partial charge in [0.1, 0.15) is 12.7 Å². The molecule has 0 radical (unpaired) electrons. The number of unbranched alkanes of at least 4 members (excludes halogenated alkanes) is 22. The quantitative estimate of drug-likeness (QED) is 0.0238. The monoisotopic (exact) mass is 775 g/mol. The standard InChI is InChI=1S/C42H79O10P/c1-3-5-7-9-11-13-15-17-19-21-23-25-27-29-31-33-41(45)49-37-40(38-51-53(47,48)50-36-39(44)35-43)52-42(46)34-32-30-28-26-24-22-20-18-16-14-12-10-8-6-4-2/h11,13,17,19,39-40,43-44H,3-10,12,14-16,18,20-38H2,1-2H3,(H,47,48)/b13-11-,19-17-/t39-,40+/m0/s1. The molecule has 0 fully saturated rings. The second kappa shape index (κ2) is 38.7. The summed E-state index contributed by atoms with van der Waals surface area (Å²) in [4.78, 5) is 34.9. The molecule has 0 aliphatic rings. The molecule has 3 N–H and O–H groups in total. The average molecular weight is 775 g/mol. The molecule has 1 unspecified atom stereocenters. The van der Waals surface area contributed by atoms with Crippen LogP contribution in [0.5, 0.6) is 0 Å². The Hall–Kier alpha value is -1.55. The van der Waals surface area contributed by atoms with Crippen molar-refractivity contribution in [1.82, 2.24) is 0 Å². The lowest BCUT2D eigenvalue weighted by atomic mass is 10.0. The number of hydrogen-bond acceptors (Lipinski definition) is 9. The van der Waals surface area contributed by atoms with Crippen LogP contribution < -0.4 is 0 Å². The minimum atomic E-state index is -4.61. The van der Waals surface area contributed by atoms with E-state index < -0.39 is 51.8 Å². The maximum absolute atomic E-state index is 12.6. The highest BCUT2D eigenvalue weighted by atomic mass is 31.2. The lowest BCUT2D eigenvalue weighted by Crippen LogP contribution is -2.29. The minimum absolute atomic E-state index is 0.185. The highest BCUT2D eigenvalue weighted by molar-refractivity contribution is 7.47. The number of carbonyl (C=O) groups excluding carboxylic acids is 2. The fourth-order valence-corrected chi connectivity index (χ4v) is 6.58. The fraction of sp³-hybridized carbons (Fsp3) is 0.857. The van der Waals surface area contributed by atoms with Crippen molar-refractivity contribution < 1.29 is 47.8 Å². The van der Waals surface area contributed by atoms with Crippen LogP contribution in [0.3, 0.4) is 0 Å². The highest BCUT2D eigenvalue weighted by Gasteiger charge is 2.27. The molecule has 0 saturated heterocycles. The number of aliphatic hydroxyl groups excluding tert-OH is 2. The summed E-state index contributed by atoms with van der Waals surface area (Å²) in [5.74, 6) is -0.934. The maximum atomic E-state index is 12.6. The highest BCUT2D eigenvalue weighted by Crippen LogP contribution is 2.43. The van der Waals surface area contributed by atoms with E-state index in [1.54, 1.807) is 0 Å². The number of hydrogen-bond donors (Lipinski definition) is 3. The van der Waals surface area contributed by atoms with Gasteiger partial charge in [-0.2, -0.15) is 0 Å². The lowest BCUT2D eigenvalue weighted by Gasteiger charge is -2.20. The maximum Gasteiger partial charge on any atom is 0.472 e. The second-order valence-corrected chi connectivity index (χ2v) is 15.8. The van der Waals surface area contributed by atoms with Crippen molar-refractivity contribution in [3.8, 4) is 0 Å². The van der Waals surface area contributed by atoms with E-state index in [-0.39, 0.29) is 19.4 Å². The van der Waals surface area contributed by atoms with Gasteiger partial charge in [0.2, 0.25) is 0 Å². The molecule has 312 valence electrons. The van der Waals surface area contributed by atoms with Gasteiger partial charge >= 0.3 is 19.8 Å². The summed E-state index contributed by atoms with van der Waals surface area (Å²) in [6, 6.07) is 0. The van der Waals surface area contributed by atoms with E-state index >= 15 is 0 Å². The Morgan fingerprint density at radius 3 is 1.49 bits per heavy atom. The second-order valence-electron chi connectivity index (χ2n) is 14.4. The smallest absolute Gasteiger partial charge is 0.462 e. The van der Waals surface area contributed by atoms with Crippen molar-refractivity contribution in [3.05, 3.63) is 24.3 Å². The van der Waals surface area contributed by atoms with E-state index in [9.17, 15) is 24.2 Å². The molecule has 0 spiro atoms. The number of aliphatic hydroxyl groups is 2. The molecule has 11 heteroatoms. The number of carbonyl (C=O) groups is 2. The summed E-state index contributed by atoms with van der Waals surface area (Å²) >= 11 is 0. The summed E-state index contributed by atoms with van der Waals surface area (Å²) in [6.07, 6.45) is 37.1. The largest absolute Gasteiger partial charge is 0.472 e. The van der Waals surface area contributed by atoms with Crippen molar-refractivity contribution in [2.75, 3.05) is 26.4 Å². The van der Waals surface area contributed by atoms with Gasteiger partial charge in [0.15, 0.2) is 6.10 Å². The van der Waals surface area contributed by atoms with Gasteiger partial charge < -0.3 is 24.6 Å². The Morgan fingerprint density at radius 2 is 0.981 bits per heavy atom. The molecule has 0 rings (SSSR count). The first-order chi connectivity index (χ1) is 25.7. The molecular formula is C42H79O10P. The number of allylic oxidation sites excluding steroid dienone is 4. The van der Waals surface area contributed by atoms with E-state index in [1.165, 1.54) is 96.3 Å². The molecule has 0 aliphatic carbocycles. The Kier molecular flexibility index (Phi) is 37.6. The van der Waals surface area contributed by atoms with Crippen LogP contribution in [0.1, 0.15) is 194 Å². The van der Waals surface area contributed by atoms with E-state index in [0.29, 0.717) is 12.8 Å². The number of esters is 2. The number of phosphoric ester groups is 1. The molecule has 0 amide bonds. The first-order valence-corrected chi connectivity index (χ1v) is 22.8. The zero-order chi connectivity index (χ0) is 39.1. The van der Waals surface area contributed by atoms with Crippen molar-refractivity contribution in [2.24, 2.45) is 0 Å². The number of phosphoric acid groups is 1. The van der Waals surface area contributed by atoms with Crippen LogP contribution in [-0.4, -0.2) is 65.7 Å². The molecular weight excluding hydrogens is 695 g/mol. The molecule has 3 atom stereocenters. The predicted octanol–water partition coefficient (Wildman–Crippen LogP) is 11.0. The Bertz CT molecular complexity index is 941. The van der Waals surface area contributed by atoms with Crippen molar-refractivity contribution in [2.45, 2.75) is 206 Å². The topological polar surface area (TPSA) is 149 Å². The predicted molar refractivity (Wildman–Crippen MR) is 215 cm³/mol. The normalized spacial score (nSPS) is 14.1. The Balaban J connectivity index is 4.31. The van der Waals surface area contributed by atoms with Gasteiger partial charge in [-0.05, 0) is 44.9 Å². The summed E-state index contributed by atoms with van der Waals surface area (Å²) in [5.41, 5.74) is 0. The van der Waals surface area contributed by atoms with Crippen LogP contribution >= 0.6 is 7.82 Å². The van der Waals surface area contributed by atoms with Crippen LogP contribution in [0.25, 0.3) is 0 Å². The third-order valence-corrected chi connectivity index (χ3v) is 10.1. The summed E-state index contributed by atoms with van der Waals surface area (Å²) in [6.45, 7) is 2.35. The molecule has 0 saturated carbocycles. The number of ether oxygens (including phenoxy) is 2. The van der Waals surface area contributed by atoms with Gasteiger partial charge in [-0.25, -0.2) is 4.57 Å². The van der Waals surface area contributed by atoms with Crippen LogP contribution in [0.4, 0.5) is 0 Å². The van der Waals surface area contributed by atoms with Gasteiger partial charge in [0.05, 0.1) is 19.8 Å². The third kappa shape index (κ3) is 38.5. The van der Waals surface area contributed by atoms with Gasteiger partial charge in [-0.15, -0.1) is 0 Å². The molecule has 0 aliphatic heterocycles. The van der Waals surface area contributed by atoms with Crippen molar-refractivity contribution in [1.29, 1.82) is 0 Å². The Labute approximate surface area is 323 Å². The van der Waals surface area contributed by atoms with Gasteiger partial charge in [-0.1, -0.05) is 160 Å². The third-order valence-electron chi connectivity index (χ3n) is 9.11. The minimum Gasteiger partial charge on any atom is -0.462 e. The van der Waals surface area contributed by atoms with Crippen LogP contribution in [0, 0.1) is 0 Å². The van der Waals surface area contributed by atoms with Gasteiger partial charge in [0.25, 0.3) is 0 Å². The molecule has 0 heterocycles. The Morgan fingerprint density at radius 1 is 0.566 bits per heavy atom. The van der Waals surface area contributed by atoms with E-state index in [1.807, 2.05) is 0 Å². The average Bonchev–Trinajstić information content (AvgIpc) is 3.14. The lowest BCUT2D eigenvalue weighted by molar-refractivity contribution is -0.161. The zero-order valence-electron chi connectivity index (χ0n) is 33.7. The van der Waals surface area contributed by atoms with E-state index in [0.717, 1.165) is 57.8 Å². The molecule has 0 aromatic carbocycles. The summed E-state index contributed by atoms with van der Waals surface area (Å²) in [7, 11) is -4.61. The van der Waals surface area contributed by atoms with Gasteiger partial charge in [0, 0.05) is 12.8 Å². The molecule has 0 bridgehead atoms. The number of rotatable bonds is 40. The summed E-state index contributed by atoms with van der Waals surface area (Å²) < 4.78 is 32.7. The fourth-order valence-electron chi connectivity index (χ4n) is 5.79. The van der Waals surface area contributed by atoms with Crippen LogP contribution in [0.15, 0.2) is 24.3 Å². The van der Waals surface area contributed by atoms with Crippen LogP contribution in [-0.2, 0) is 32.7 Å². The van der Waals surface area contributed by atoms with Crippen LogP contribution in [0.2, 0.25) is 0 Å². The molecule has 53 heavy (non-hydrogen) atoms. The first kappa shape index (κ1) is 51.5. The van der Waals surface area contributed by atoms with E-state index in [2.05, 4.69) is 42.7 Å². The van der Waals surface area contributed by atoms with Crippen molar-refractivity contribution >= 4 is 19.8 Å². The molecule has 0 aromatic heterocycles. The SMILES string of the molecule is CCCCC/C=C\C/C=C\CCCCCCCC(=O)OC[C@H](COP(=O)(O)OC[C@@H](O)CO)OC(=O)CCCCCCCCCCCCCCCCC. The molecule has 10 nitrogen and oxygen atoms in total. The first-order valence-electron chi connectivity index (χ1n) is 21.3.